The van der Waals surface area contributed by atoms with E-state index in [0.717, 1.165) is 26.3 Å². The molecule has 0 aromatic rings. The monoisotopic (exact) mass is 282 g/mol. The maximum Gasteiger partial charge on any atom is 0.0594 e. The Balaban J connectivity index is 1.83. The van der Waals surface area contributed by atoms with Gasteiger partial charge in [0.2, 0.25) is 0 Å². The fourth-order valence-electron chi connectivity index (χ4n) is 4.15. The van der Waals surface area contributed by atoms with Gasteiger partial charge in [-0.15, -0.1) is 0 Å². The Morgan fingerprint density at radius 2 is 1.70 bits per heavy atom. The molecule has 2 aliphatic rings. The number of ether oxygens (including phenoxy) is 1. The molecule has 1 atom stereocenters. The van der Waals surface area contributed by atoms with E-state index in [1.54, 1.807) is 0 Å². The molecule has 1 unspecified atom stereocenters. The van der Waals surface area contributed by atoms with Crippen LogP contribution < -0.4 is 5.73 Å². The molecule has 1 saturated carbocycles. The summed E-state index contributed by atoms with van der Waals surface area (Å²) < 4.78 is 5.53. The fourth-order valence-corrected chi connectivity index (χ4v) is 4.15. The van der Waals surface area contributed by atoms with Gasteiger partial charge in [-0.25, -0.2) is 0 Å². The molecule has 0 spiro atoms. The van der Waals surface area contributed by atoms with Crippen molar-refractivity contribution < 1.29 is 4.74 Å². The summed E-state index contributed by atoms with van der Waals surface area (Å²) in [6.45, 7) is 6.24. The summed E-state index contributed by atoms with van der Waals surface area (Å²) in [5.41, 5.74) is 6.98. The quantitative estimate of drug-likeness (QED) is 0.694. The number of hydrogen-bond donors (Lipinski definition) is 1. The Labute approximate surface area is 125 Å². The van der Waals surface area contributed by atoms with Crippen molar-refractivity contribution in [3.8, 4) is 0 Å². The molecule has 118 valence electrons. The summed E-state index contributed by atoms with van der Waals surface area (Å²) in [5.74, 6) is 0. The lowest BCUT2D eigenvalue weighted by Crippen LogP contribution is -2.61. The van der Waals surface area contributed by atoms with Crippen molar-refractivity contribution in [2.75, 3.05) is 26.3 Å². The van der Waals surface area contributed by atoms with E-state index in [2.05, 4.69) is 11.8 Å². The van der Waals surface area contributed by atoms with E-state index in [1.165, 1.54) is 64.2 Å². The highest BCUT2D eigenvalue weighted by molar-refractivity contribution is 5.02. The molecule has 1 heterocycles. The molecule has 0 radical (unpaired) electrons. The van der Waals surface area contributed by atoms with Crippen molar-refractivity contribution >= 4 is 0 Å². The predicted octanol–water partition coefficient (Wildman–Crippen LogP) is 3.32. The van der Waals surface area contributed by atoms with Gasteiger partial charge in [0.15, 0.2) is 0 Å². The van der Waals surface area contributed by atoms with Crippen LogP contribution in [0.15, 0.2) is 0 Å². The van der Waals surface area contributed by atoms with Crippen molar-refractivity contribution in [1.82, 2.24) is 4.90 Å². The number of unbranched alkanes of at least 4 members (excludes halogenated alkanes) is 4. The van der Waals surface area contributed by atoms with Crippen LogP contribution in [0.2, 0.25) is 0 Å². The van der Waals surface area contributed by atoms with Crippen LogP contribution >= 0.6 is 0 Å². The number of rotatable bonds is 8. The van der Waals surface area contributed by atoms with E-state index in [0.29, 0.717) is 11.6 Å². The molecule has 2 rings (SSSR count). The van der Waals surface area contributed by atoms with Gasteiger partial charge >= 0.3 is 0 Å². The number of hydrogen-bond acceptors (Lipinski definition) is 3. The Morgan fingerprint density at radius 3 is 2.35 bits per heavy atom. The van der Waals surface area contributed by atoms with E-state index in [-0.39, 0.29) is 0 Å². The zero-order valence-corrected chi connectivity index (χ0v) is 13.4. The van der Waals surface area contributed by atoms with Crippen LogP contribution in [0.25, 0.3) is 0 Å². The third-order valence-corrected chi connectivity index (χ3v) is 5.42. The molecule has 0 amide bonds. The molecule has 1 aliphatic heterocycles. The molecule has 0 bridgehead atoms. The summed E-state index contributed by atoms with van der Waals surface area (Å²) in [7, 11) is 0. The molecule has 3 nitrogen and oxygen atoms in total. The molecule has 2 fully saturated rings. The van der Waals surface area contributed by atoms with E-state index in [9.17, 15) is 0 Å². The highest BCUT2D eigenvalue weighted by atomic mass is 16.5. The predicted molar refractivity (Wildman–Crippen MR) is 84.9 cm³/mol. The summed E-state index contributed by atoms with van der Waals surface area (Å²) in [6, 6.07) is 0.365. The highest BCUT2D eigenvalue weighted by Crippen LogP contribution is 2.39. The average Bonchev–Trinajstić information content (AvgIpc) is 2.99. The minimum absolute atomic E-state index is 0.300. The van der Waals surface area contributed by atoms with Crippen molar-refractivity contribution in [3.05, 3.63) is 0 Å². The molecular weight excluding hydrogens is 248 g/mol. The standard InChI is InChI=1S/C17H34N2O/c1-2-3-4-5-6-9-16(18)17(10-7-8-11-17)19-12-14-20-15-13-19/h16H,2-15,18H2,1H3. The van der Waals surface area contributed by atoms with Crippen molar-refractivity contribution in [2.24, 2.45) is 5.73 Å². The molecule has 1 saturated heterocycles. The zero-order valence-electron chi connectivity index (χ0n) is 13.4. The second kappa shape index (κ2) is 8.35. The summed E-state index contributed by atoms with van der Waals surface area (Å²) >= 11 is 0. The average molecular weight is 282 g/mol. The topological polar surface area (TPSA) is 38.5 Å². The van der Waals surface area contributed by atoms with Crippen LogP contribution in [0.1, 0.15) is 71.1 Å². The van der Waals surface area contributed by atoms with Gasteiger partial charge in [0.05, 0.1) is 13.2 Å². The summed E-state index contributed by atoms with van der Waals surface area (Å²) in [4.78, 5) is 2.67. The zero-order chi connectivity index (χ0) is 14.3. The lowest BCUT2D eigenvalue weighted by molar-refractivity contribution is -0.0318. The van der Waals surface area contributed by atoms with Crippen LogP contribution in [-0.2, 0) is 4.74 Å². The Morgan fingerprint density at radius 1 is 1.05 bits per heavy atom. The number of nitrogens with two attached hydrogens (primary N) is 1. The maximum atomic E-state index is 6.68. The van der Waals surface area contributed by atoms with Crippen LogP contribution in [0.4, 0.5) is 0 Å². The minimum atomic E-state index is 0.300. The van der Waals surface area contributed by atoms with Crippen molar-refractivity contribution in [2.45, 2.75) is 82.7 Å². The largest absolute Gasteiger partial charge is 0.379 e. The summed E-state index contributed by atoms with van der Waals surface area (Å²) in [6.07, 6.45) is 13.3. The van der Waals surface area contributed by atoms with Crippen molar-refractivity contribution in [3.63, 3.8) is 0 Å². The first-order valence-corrected chi connectivity index (χ1v) is 8.88. The third kappa shape index (κ3) is 3.96. The normalized spacial score (nSPS) is 24.9. The van der Waals surface area contributed by atoms with Gasteiger partial charge in [0, 0.05) is 24.7 Å². The fraction of sp³-hybridized carbons (Fsp3) is 1.00. The first-order valence-electron chi connectivity index (χ1n) is 8.88. The number of nitrogens with zero attached hydrogens (tertiary/aromatic N) is 1. The first kappa shape index (κ1) is 16.3. The van der Waals surface area contributed by atoms with E-state index in [1.807, 2.05) is 0 Å². The molecule has 1 aliphatic carbocycles. The van der Waals surface area contributed by atoms with E-state index >= 15 is 0 Å². The van der Waals surface area contributed by atoms with E-state index in [4.69, 9.17) is 10.5 Å². The minimum Gasteiger partial charge on any atom is -0.379 e. The van der Waals surface area contributed by atoms with Gasteiger partial charge in [-0.2, -0.15) is 0 Å². The maximum absolute atomic E-state index is 6.68. The highest BCUT2D eigenvalue weighted by Gasteiger charge is 2.44. The molecule has 0 aromatic heterocycles. The van der Waals surface area contributed by atoms with Gasteiger partial charge in [0.1, 0.15) is 0 Å². The van der Waals surface area contributed by atoms with Crippen molar-refractivity contribution in [1.29, 1.82) is 0 Å². The first-order chi connectivity index (χ1) is 9.79. The van der Waals surface area contributed by atoms with Gasteiger partial charge in [-0.05, 0) is 19.3 Å². The van der Waals surface area contributed by atoms with Crippen LogP contribution in [0.5, 0.6) is 0 Å². The Kier molecular flexibility index (Phi) is 6.79. The third-order valence-electron chi connectivity index (χ3n) is 5.42. The summed E-state index contributed by atoms with van der Waals surface area (Å²) in [5, 5.41) is 0. The van der Waals surface area contributed by atoms with Gasteiger partial charge in [-0.3, -0.25) is 4.90 Å². The molecule has 0 aromatic carbocycles. The van der Waals surface area contributed by atoms with E-state index < -0.39 is 0 Å². The van der Waals surface area contributed by atoms with Gasteiger partial charge in [-0.1, -0.05) is 51.9 Å². The second-order valence-corrected chi connectivity index (χ2v) is 6.72. The Bertz CT molecular complexity index is 258. The van der Waals surface area contributed by atoms with Gasteiger partial charge < -0.3 is 10.5 Å². The molecule has 20 heavy (non-hydrogen) atoms. The van der Waals surface area contributed by atoms with Crippen LogP contribution in [-0.4, -0.2) is 42.8 Å². The molecular formula is C17H34N2O. The Hall–Kier alpha value is -0.120. The number of morpholine rings is 1. The van der Waals surface area contributed by atoms with Gasteiger partial charge in [0.25, 0.3) is 0 Å². The lowest BCUT2D eigenvalue weighted by Gasteiger charge is -2.47. The molecule has 2 N–H and O–H groups in total. The second-order valence-electron chi connectivity index (χ2n) is 6.72. The van der Waals surface area contributed by atoms with Crippen LogP contribution in [0, 0.1) is 0 Å². The SMILES string of the molecule is CCCCCCCC(N)C1(N2CCOCC2)CCCC1. The lowest BCUT2D eigenvalue weighted by atomic mass is 9.83. The molecule has 3 heteroatoms. The smallest absolute Gasteiger partial charge is 0.0594 e. The van der Waals surface area contributed by atoms with Crippen LogP contribution in [0.3, 0.4) is 0 Å².